The summed E-state index contributed by atoms with van der Waals surface area (Å²) in [7, 11) is 0. The molecule has 0 aromatic heterocycles. The highest BCUT2D eigenvalue weighted by Gasteiger charge is 2.32. The second kappa shape index (κ2) is 7.41. The third-order valence-electron chi connectivity index (χ3n) is 4.73. The van der Waals surface area contributed by atoms with Crippen molar-refractivity contribution in [2.45, 2.75) is 64.5 Å². The molecule has 2 heterocycles. The molecule has 116 valence electrons. The molecule has 0 aromatic carbocycles. The summed E-state index contributed by atoms with van der Waals surface area (Å²) in [6.07, 6.45) is 6.25. The van der Waals surface area contributed by atoms with Gasteiger partial charge >= 0.3 is 5.97 Å². The molecule has 0 radical (unpaired) electrons. The van der Waals surface area contributed by atoms with Crippen LogP contribution in [0.5, 0.6) is 0 Å². The summed E-state index contributed by atoms with van der Waals surface area (Å²) in [5.74, 6) is 0.0976. The van der Waals surface area contributed by atoms with Gasteiger partial charge in [-0.3, -0.25) is 9.69 Å². The summed E-state index contributed by atoms with van der Waals surface area (Å²) in [5.41, 5.74) is 0. The minimum absolute atomic E-state index is 0.280. The number of nitrogens with zero attached hydrogens (tertiary/aromatic N) is 2. The molecule has 20 heavy (non-hydrogen) atoms. The Morgan fingerprint density at radius 1 is 1.15 bits per heavy atom. The predicted molar refractivity (Wildman–Crippen MR) is 80.9 cm³/mol. The summed E-state index contributed by atoms with van der Waals surface area (Å²) in [5, 5.41) is 9.09. The molecule has 0 bridgehead atoms. The van der Waals surface area contributed by atoms with Gasteiger partial charge in [0.05, 0.1) is 6.42 Å². The fourth-order valence-corrected chi connectivity index (χ4v) is 3.87. The second-order valence-electron chi connectivity index (χ2n) is 6.91. The summed E-state index contributed by atoms with van der Waals surface area (Å²) < 4.78 is 0. The Morgan fingerprint density at radius 2 is 1.85 bits per heavy atom. The number of likely N-dealkylation sites (tertiary alicyclic amines) is 2. The monoisotopic (exact) mass is 282 g/mol. The van der Waals surface area contributed by atoms with Crippen molar-refractivity contribution in [2.75, 3.05) is 26.2 Å². The first kappa shape index (κ1) is 15.8. The van der Waals surface area contributed by atoms with Crippen LogP contribution in [-0.4, -0.2) is 59.1 Å². The zero-order valence-electron chi connectivity index (χ0n) is 13.1. The predicted octanol–water partition coefficient (Wildman–Crippen LogP) is 2.44. The molecular weight excluding hydrogens is 252 g/mol. The smallest absolute Gasteiger partial charge is 0.304 e. The van der Waals surface area contributed by atoms with Crippen LogP contribution < -0.4 is 0 Å². The normalized spacial score (nSPS) is 27.1. The molecule has 2 saturated heterocycles. The number of rotatable bonds is 5. The molecule has 0 spiro atoms. The van der Waals surface area contributed by atoms with Crippen molar-refractivity contribution < 1.29 is 9.90 Å². The number of hydrogen-bond acceptors (Lipinski definition) is 3. The first-order valence-corrected chi connectivity index (χ1v) is 8.26. The molecule has 1 unspecified atom stereocenters. The fraction of sp³-hybridized carbons (Fsp3) is 0.938. The molecule has 0 aliphatic carbocycles. The Morgan fingerprint density at radius 3 is 2.45 bits per heavy atom. The highest BCUT2D eigenvalue weighted by Crippen LogP contribution is 2.27. The number of aliphatic carboxylic acids is 1. The molecule has 0 amide bonds. The summed E-state index contributed by atoms with van der Waals surface area (Å²) in [6, 6.07) is 0.894. The van der Waals surface area contributed by atoms with E-state index in [0.29, 0.717) is 12.5 Å². The van der Waals surface area contributed by atoms with Crippen LogP contribution in [0.2, 0.25) is 0 Å². The van der Waals surface area contributed by atoms with E-state index in [1.54, 1.807) is 0 Å². The molecule has 2 fully saturated rings. The van der Waals surface area contributed by atoms with Crippen molar-refractivity contribution in [3.05, 3.63) is 0 Å². The number of carboxylic acid groups (broad SMARTS) is 1. The fourth-order valence-electron chi connectivity index (χ4n) is 3.87. The summed E-state index contributed by atoms with van der Waals surface area (Å²) >= 11 is 0. The number of hydrogen-bond donors (Lipinski definition) is 1. The van der Waals surface area contributed by atoms with Gasteiger partial charge in [0.1, 0.15) is 0 Å². The molecule has 2 rings (SSSR count). The zero-order valence-corrected chi connectivity index (χ0v) is 13.1. The standard InChI is InChI=1S/C16H30N2O2/c1-13(2)12-17-9-6-14(7-10-17)18-8-4-3-5-15(18)11-16(19)20/h13-15H,3-12H2,1-2H3,(H,19,20). The van der Waals surface area contributed by atoms with Crippen molar-refractivity contribution in [1.82, 2.24) is 9.80 Å². The molecule has 2 aliphatic heterocycles. The lowest BCUT2D eigenvalue weighted by Gasteiger charge is -2.44. The number of piperidine rings is 2. The van der Waals surface area contributed by atoms with Gasteiger partial charge in [0.25, 0.3) is 0 Å². The highest BCUT2D eigenvalue weighted by atomic mass is 16.4. The third kappa shape index (κ3) is 4.45. The van der Waals surface area contributed by atoms with Crippen LogP contribution in [0.3, 0.4) is 0 Å². The van der Waals surface area contributed by atoms with E-state index in [-0.39, 0.29) is 6.04 Å². The van der Waals surface area contributed by atoms with E-state index in [1.807, 2.05) is 0 Å². The van der Waals surface area contributed by atoms with Crippen LogP contribution in [0.4, 0.5) is 0 Å². The topological polar surface area (TPSA) is 43.8 Å². The van der Waals surface area contributed by atoms with Crippen LogP contribution in [0.25, 0.3) is 0 Å². The van der Waals surface area contributed by atoms with E-state index < -0.39 is 5.97 Å². The number of carbonyl (C=O) groups is 1. The molecule has 1 N–H and O–H groups in total. The van der Waals surface area contributed by atoms with Crippen molar-refractivity contribution >= 4 is 5.97 Å². The molecule has 1 atom stereocenters. The maximum atomic E-state index is 11.0. The van der Waals surface area contributed by atoms with Crippen LogP contribution >= 0.6 is 0 Å². The third-order valence-corrected chi connectivity index (χ3v) is 4.73. The average Bonchev–Trinajstić information content (AvgIpc) is 2.39. The average molecular weight is 282 g/mol. The van der Waals surface area contributed by atoms with Gasteiger partial charge in [-0.2, -0.15) is 0 Å². The Hall–Kier alpha value is -0.610. The number of carboxylic acids is 1. The van der Waals surface area contributed by atoms with Gasteiger partial charge in [0, 0.05) is 18.6 Å². The molecule has 2 aliphatic rings. The van der Waals surface area contributed by atoms with Gasteiger partial charge < -0.3 is 10.0 Å². The van der Waals surface area contributed by atoms with Gasteiger partial charge in [0.15, 0.2) is 0 Å². The largest absolute Gasteiger partial charge is 0.481 e. The SMILES string of the molecule is CC(C)CN1CCC(N2CCCCC2CC(=O)O)CC1. The summed E-state index contributed by atoms with van der Waals surface area (Å²) in [4.78, 5) is 16.1. The quantitative estimate of drug-likeness (QED) is 0.841. The first-order valence-electron chi connectivity index (χ1n) is 8.26. The van der Waals surface area contributed by atoms with Crippen LogP contribution in [0.15, 0.2) is 0 Å². The van der Waals surface area contributed by atoms with Crippen LogP contribution in [0, 0.1) is 5.92 Å². The van der Waals surface area contributed by atoms with Gasteiger partial charge in [-0.25, -0.2) is 0 Å². The first-order chi connectivity index (χ1) is 9.56. The van der Waals surface area contributed by atoms with Crippen molar-refractivity contribution in [1.29, 1.82) is 0 Å². The van der Waals surface area contributed by atoms with Crippen LogP contribution in [-0.2, 0) is 4.79 Å². The second-order valence-corrected chi connectivity index (χ2v) is 6.91. The molecule has 0 aromatic rings. The van der Waals surface area contributed by atoms with E-state index in [9.17, 15) is 4.79 Å². The van der Waals surface area contributed by atoms with E-state index >= 15 is 0 Å². The van der Waals surface area contributed by atoms with Crippen molar-refractivity contribution in [3.8, 4) is 0 Å². The lowest BCUT2D eigenvalue weighted by molar-refractivity contribution is -0.139. The van der Waals surface area contributed by atoms with Crippen molar-refractivity contribution in [3.63, 3.8) is 0 Å². The zero-order chi connectivity index (χ0) is 14.5. The van der Waals surface area contributed by atoms with Crippen molar-refractivity contribution in [2.24, 2.45) is 5.92 Å². The van der Waals surface area contributed by atoms with Gasteiger partial charge in [0.2, 0.25) is 0 Å². The van der Waals surface area contributed by atoms with Gasteiger partial charge in [-0.15, -0.1) is 0 Å². The van der Waals surface area contributed by atoms with E-state index in [2.05, 4.69) is 23.6 Å². The Balaban J connectivity index is 1.85. The lowest BCUT2D eigenvalue weighted by atomic mass is 9.93. The molecule has 4 nitrogen and oxygen atoms in total. The van der Waals surface area contributed by atoms with Gasteiger partial charge in [-0.05, 0) is 51.2 Å². The Bertz CT molecular complexity index is 312. The minimum Gasteiger partial charge on any atom is -0.481 e. The maximum Gasteiger partial charge on any atom is 0.304 e. The van der Waals surface area contributed by atoms with E-state index in [4.69, 9.17) is 5.11 Å². The lowest BCUT2D eigenvalue weighted by Crippen LogP contribution is -2.51. The van der Waals surface area contributed by atoms with E-state index in [1.165, 1.54) is 45.3 Å². The molecule has 0 saturated carbocycles. The molecular formula is C16H30N2O2. The Kier molecular flexibility index (Phi) is 5.85. The van der Waals surface area contributed by atoms with E-state index in [0.717, 1.165) is 18.9 Å². The van der Waals surface area contributed by atoms with Crippen LogP contribution in [0.1, 0.15) is 52.4 Å². The maximum absolute atomic E-state index is 11.0. The van der Waals surface area contributed by atoms with Gasteiger partial charge in [-0.1, -0.05) is 20.3 Å². The Labute approximate surface area is 123 Å². The minimum atomic E-state index is -0.640. The summed E-state index contributed by atoms with van der Waals surface area (Å²) in [6.45, 7) is 9.22. The highest BCUT2D eigenvalue weighted by molar-refractivity contribution is 5.67. The molecule has 4 heteroatoms.